The molecule has 0 aliphatic rings. The molecule has 3 aromatic rings. The Kier molecular flexibility index (Phi) is 12.7. The van der Waals surface area contributed by atoms with E-state index in [0.29, 0.717) is 34.9 Å². The molecule has 2 N–H and O–H groups in total. The molecule has 0 aliphatic carbocycles. The van der Waals surface area contributed by atoms with Crippen molar-refractivity contribution in [1.29, 1.82) is 0 Å². The van der Waals surface area contributed by atoms with Crippen molar-refractivity contribution in [2.75, 3.05) is 17.2 Å². The van der Waals surface area contributed by atoms with Crippen molar-refractivity contribution in [3.05, 3.63) is 78.4 Å². The highest BCUT2D eigenvalue weighted by Gasteiger charge is 2.30. The Hall–Kier alpha value is -3.81. The molecule has 41 heavy (non-hydrogen) atoms. The normalized spacial score (nSPS) is 11.2. The average molecular weight is 569 g/mol. The van der Waals surface area contributed by atoms with Gasteiger partial charge in [-0.3, -0.25) is 9.59 Å². The molecule has 0 saturated carbocycles. The number of benzene rings is 3. The number of rotatable bonds is 15. The Balaban J connectivity index is 1.35. The van der Waals surface area contributed by atoms with Gasteiger partial charge in [0.1, 0.15) is 5.75 Å². The van der Waals surface area contributed by atoms with Crippen molar-refractivity contribution in [3.63, 3.8) is 0 Å². The Morgan fingerprint density at radius 2 is 1.02 bits per heavy atom. The fourth-order valence-electron chi connectivity index (χ4n) is 4.39. The van der Waals surface area contributed by atoms with E-state index < -0.39 is 23.6 Å². The second-order valence-corrected chi connectivity index (χ2v) is 10.1. The van der Waals surface area contributed by atoms with E-state index in [0.717, 1.165) is 25.0 Å². The number of nitrogens with one attached hydrogen (secondary N) is 2. The van der Waals surface area contributed by atoms with Crippen LogP contribution in [0.3, 0.4) is 0 Å². The second-order valence-electron chi connectivity index (χ2n) is 10.1. The highest BCUT2D eigenvalue weighted by Crippen LogP contribution is 2.31. The molecule has 3 rings (SSSR count). The molecule has 0 aliphatic heterocycles. The number of alkyl halides is 3. The molecule has 2 amide bonds. The number of carbonyl (C=O) groups excluding carboxylic acids is 2. The summed E-state index contributed by atoms with van der Waals surface area (Å²) in [6.45, 7) is 2.88. The van der Waals surface area contributed by atoms with E-state index in [-0.39, 0.29) is 0 Å². The van der Waals surface area contributed by atoms with Crippen LogP contribution in [0.25, 0.3) is 11.1 Å². The lowest BCUT2D eigenvalue weighted by Crippen LogP contribution is -2.29. The summed E-state index contributed by atoms with van der Waals surface area (Å²) in [4.78, 5) is 24.7. The van der Waals surface area contributed by atoms with Gasteiger partial charge in [0.15, 0.2) is 0 Å². The van der Waals surface area contributed by atoms with Crippen LogP contribution in [0.1, 0.15) is 76.7 Å². The molecule has 3 aromatic carbocycles. The summed E-state index contributed by atoms with van der Waals surface area (Å²) in [5.74, 6) is -0.957. The minimum atomic E-state index is -4.39. The third kappa shape index (κ3) is 11.3. The van der Waals surface area contributed by atoms with Gasteiger partial charge in [-0.2, -0.15) is 13.2 Å². The van der Waals surface area contributed by atoms with Crippen molar-refractivity contribution in [3.8, 4) is 16.9 Å². The summed E-state index contributed by atoms with van der Waals surface area (Å²) in [7, 11) is 0. The SMILES string of the molecule is CCCCCCCCCCCCOc1ccc(NC(=O)C(=O)Nc2ccc(-c3ccc(C(F)(F)F)cc3)cc2)cc1. The third-order valence-corrected chi connectivity index (χ3v) is 6.77. The van der Waals surface area contributed by atoms with E-state index in [2.05, 4.69) is 17.6 Å². The van der Waals surface area contributed by atoms with Crippen LogP contribution in [0, 0.1) is 0 Å². The first-order valence-corrected chi connectivity index (χ1v) is 14.4. The van der Waals surface area contributed by atoms with Gasteiger partial charge in [-0.25, -0.2) is 0 Å². The molecule has 0 aromatic heterocycles. The van der Waals surface area contributed by atoms with Crippen LogP contribution in [0.15, 0.2) is 72.8 Å². The van der Waals surface area contributed by atoms with Gasteiger partial charge in [0, 0.05) is 11.4 Å². The summed E-state index contributed by atoms with van der Waals surface area (Å²) >= 11 is 0. The van der Waals surface area contributed by atoms with Crippen molar-refractivity contribution in [2.45, 2.75) is 77.3 Å². The molecule has 0 atom stereocenters. The van der Waals surface area contributed by atoms with Crippen LogP contribution in [-0.4, -0.2) is 18.4 Å². The Morgan fingerprint density at radius 3 is 1.49 bits per heavy atom. The number of hydrogen-bond donors (Lipinski definition) is 2. The first kappa shape index (κ1) is 31.7. The molecule has 8 heteroatoms. The number of halogens is 3. The first-order valence-electron chi connectivity index (χ1n) is 14.4. The molecule has 0 bridgehead atoms. The lowest BCUT2D eigenvalue weighted by Gasteiger charge is -2.10. The Morgan fingerprint density at radius 1 is 0.610 bits per heavy atom. The molecule has 0 unspecified atom stereocenters. The Bertz CT molecular complexity index is 1210. The van der Waals surface area contributed by atoms with Gasteiger partial charge in [0.05, 0.1) is 12.2 Å². The largest absolute Gasteiger partial charge is 0.494 e. The quantitative estimate of drug-likeness (QED) is 0.142. The van der Waals surface area contributed by atoms with E-state index in [1.807, 2.05) is 0 Å². The number of hydrogen-bond acceptors (Lipinski definition) is 3. The van der Waals surface area contributed by atoms with Gasteiger partial charge in [-0.05, 0) is 66.1 Å². The smallest absolute Gasteiger partial charge is 0.416 e. The van der Waals surface area contributed by atoms with Crippen molar-refractivity contribution < 1.29 is 27.5 Å². The van der Waals surface area contributed by atoms with Gasteiger partial charge in [-0.1, -0.05) is 89.0 Å². The summed E-state index contributed by atoms with van der Waals surface area (Å²) in [5.41, 5.74) is 1.41. The average Bonchev–Trinajstić information content (AvgIpc) is 2.96. The predicted octanol–water partition coefficient (Wildman–Crippen LogP) is 9.25. The maximum Gasteiger partial charge on any atom is 0.416 e. The molecule has 0 spiro atoms. The van der Waals surface area contributed by atoms with E-state index in [1.165, 1.54) is 63.5 Å². The molecular weight excluding hydrogens is 529 g/mol. The first-order chi connectivity index (χ1) is 19.8. The zero-order valence-corrected chi connectivity index (χ0v) is 23.6. The molecule has 0 heterocycles. The van der Waals surface area contributed by atoms with Crippen LogP contribution < -0.4 is 15.4 Å². The topological polar surface area (TPSA) is 67.4 Å². The van der Waals surface area contributed by atoms with Gasteiger partial charge >= 0.3 is 18.0 Å². The van der Waals surface area contributed by atoms with Crippen molar-refractivity contribution in [1.82, 2.24) is 0 Å². The van der Waals surface area contributed by atoms with E-state index in [1.54, 1.807) is 48.5 Å². The van der Waals surface area contributed by atoms with Crippen LogP contribution in [-0.2, 0) is 15.8 Å². The van der Waals surface area contributed by atoms with Crippen molar-refractivity contribution in [2.24, 2.45) is 0 Å². The molecule has 5 nitrogen and oxygen atoms in total. The lowest BCUT2D eigenvalue weighted by atomic mass is 10.0. The lowest BCUT2D eigenvalue weighted by molar-refractivity contribution is -0.137. The van der Waals surface area contributed by atoms with E-state index in [4.69, 9.17) is 4.74 Å². The molecule has 0 saturated heterocycles. The van der Waals surface area contributed by atoms with Gasteiger partial charge < -0.3 is 15.4 Å². The van der Waals surface area contributed by atoms with E-state index in [9.17, 15) is 22.8 Å². The van der Waals surface area contributed by atoms with E-state index >= 15 is 0 Å². The third-order valence-electron chi connectivity index (χ3n) is 6.77. The fraction of sp³-hybridized carbons (Fsp3) is 0.394. The summed E-state index contributed by atoms with van der Waals surface area (Å²) in [6, 6.07) is 18.2. The standard InChI is InChI=1S/C33H39F3N2O3/c1-2-3-4-5-6-7-8-9-10-11-24-41-30-22-20-29(21-23-30)38-32(40)31(39)37-28-18-14-26(15-19-28)25-12-16-27(17-13-25)33(34,35)36/h12-23H,2-11,24H2,1H3,(H,37,39)(H,38,40). The zero-order chi connectivity index (χ0) is 29.5. The minimum Gasteiger partial charge on any atom is -0.494 e. The van der Waals surface area contributed by atoms with Crippen LogP contribution in [0.5, 0.6) is 5.75 Å². The summed E-state index contributed by atoms with van der Waals surface area (Å²) in [5, 5.41) is 5.08. The van der Waals surface area contributed by atoms with Crippen LogP contribution in [0.2, 0.25) is 0 Å². The number of carbonyl (C=O) groups is 2. The summed E-state index contributed by atoms with van der Waals surface area (Å²) in [6.07, 6.45) is 8.25. The number of ether oxygens (including phenoxy) is 1. The maximum atomic E-state index is 12.8. The van der Waals surface area contributed by atoms with Gasteiger partial charge in [0.2, 0.25) is 0 Å². The zero-order valence-electron chi connectivity index (χ0n) is 23.6. The predicted molar refractivity (Wildman–Crippen MR) is 158 cm³/mol. The highest BCUT2D eigenvalue weighted by molar-refractivity contribution is 6.43. The van der Waals surface area contributed by atoms with Crippen LogP contribution in [0.4, 0.5) is 24.5 Å². The number of unbranched alkanes of at least 4 members (excludes halogenated alkanes) is 9. The fourth-order valence-corrected chi connectivity index (χ4v) is 4.39. The maximum absolute atomic E-state index is 12.8. The molecule has 0 radical (unpaired) electrons. The van der Waals surface area contributed by atoms with Crippen LogP contribution >= 0.6 is 0 Å². The number of amides is 2. The van der Waals surface area contributed by atoms with Gasteiger partial charge in [-0.15, -0.1) is 0 Å². The molecule has 0 fully saturated rings. The summed E-state index contributed by atoms with van der Waals surface area (Å²) < 4.78 is 44.1. The van der Waals surface area contributed by atoms with Crippen molar-refractivity contribution >= 4 is 23.2 Å². The monoisotopic (exact) mass is 568 g/mol. The second kappa shape index (κ2) is 16.5. The minimum absolute atomic E-state index is 0.386. The number of anilines is 2. The molecule has 220 valence electrons. The Labute approximate surface area is 240 Å². The molecular formula is C33H39F3N2O3. The van der Waals surface area contributed by atoms with Gasteiger partial charge in [0.25, 0.3) is 0 Å². The highest BCUT2D eigenvalue weighted by atomic mass is 19.4.